The lowest BCUT2D eigenvalue weighted by Gasteiger charge is -2.37. The van der Waals surface area contributed by atoms with E-state index in [1.54, 1.807) is 34.4 Å². The van der Waals surface area contributed by atoms with Gasteiger partial charge in [0.2, 0.25) is 5.91 Å². The summed E-state index contributed by atoms with van der Waals surface area (Å²) in [5, 5.41) is 2.00. The van der Waals surface area contributed by atoms with Gasteiger partial charge >= 0.3 is 0 Å². The molecule has 2 aromatic carbocycles. The van der Waals surface area contributed by atoms with Gasteiger partial charge in [0.25, 0.3) is 5.91 Å². The third-order valence-corrected chi connectivity index (χ3v) is 6.68. The SMILES string of the molecule is CCCN(CC(=O)N1CCc2sccc2C1c1ccc(F)cc1)C(=O)c1ccccc1F. The minimum absolute atomic E-state index is 0.0393. The fourth-order valence-electron chi connectivity index (χ4n) is 4.17. The Morgan fingerprint density at radius 1 is 1.09 bits per heavy atom. The number of carbonyl (C=O) groups excluding carboxylic acids is 2. The van der Waals surface area contributed by atoms with Gasteiger partial charge in [0, 0.05) is 18.0 Å². The van der Waals surface area contributed by atoms with Gasteiger partial charge in [0.1, 0.15) is 18.2 Å². The topological polar surface area (TPSA) is 40.6 Å². The van der Waals surface area contributed by atoms with Gasteiger partial charge in [-0.2, -0.15) is 0 Å². The van der Waals surface area contributed by atoms with Crippen LogP contribution in [0.25, 0.3) is 0 Å². The van der Waals surface area contributed by atoms with E-state index in [1.807, 2.05) is 18.4 Å². The molecule has 2 amide bonds. The Kier molecular flexibility index (Phi) is 6.65. The Balaban J connectivity index is 1.62. The molecule has 1 aliphatic heterocycles. The van der Waals surface area contributed by atoms with Gasteiger partial charge in [-0.1, -0.05) is 31.2 Å². The van der Waals surface area contributed by atoms with Crippen LogP contribution in [0.4, 0.5) is 8.78 Å². The maximum absolute atomic E-state index is 14.2. The van der Waals surface area contributed by atoms with Crippen molar-refractivity contribution >= 4 is 23.2 Å². The lowest BCUT2D eigenvalue weighted by molar-refractivity contribution is -0.134. The zero-order valence-electron chi connectivity index (χ0n) is 17.8. The van der Waals surface area contributed by atoms with Gasteiger partial charge in [-0.15, -0.1) is 11.3 Å². The van der Waals surface area contributed by atoms with E-state index in [0.29, 0.717) is 19.5 Å². The summed E-state index contributed by atoms with van der Waals surface area (Å²) in [6.45, 7) is 2.62. The molecule has 32 heavy (non-hydrogen) atoms. The highest BCUT2D eigenvalue weighted by molar-refractivity contribution is 7.10. The first-order valence-electron chi connectivity index (χ1n) is 10.6. The van der Waals surface area contributed by atoms with Crippen LogP contribution in [-0.2, 0) is 11.2 Å². The van der Waals surface area contributed by atoms with Gasteiger partial charge in [0.15, 0.2) is 0 Å². The molecule has 0 fully saturated rings. The quantitative estimate of drug-likeness (QED) is 0.523. The van der Waals surface area contributed by atoms with Crippen molar-refractivity contribution in [3.63, 3.8) is 0 Å². The number of hydrogen-bond acceptors (Lipinski definition) is 3. The molecule has 4 rings (SSSR count). The molecule has 7 heteroatoms. The molecule has 0 spiro atoms. The molecule has 1 aromatic heterocycles. The first kappa shape index (κ1) is 22.1. The number of halogens is 2. The first-order chi connectivity index (χ1) is 15.5. The van der Waals surface area contributed by atoms with Crippen LogP contribution < -0.4 is 0 Å². The van der Waals surface area contributed by atoms with Crippen molar-refractivity contribution in [3.8, 4) is 0 Å². The van der Waals surface area contributed by atoms with E-state index in [-0.39, 0.29) is 29.9 Å². The number of nitrogens with zero attached hydrogens (tertiary/aromatic N) is 2. The smallest absolute Gasteiger partial charge is 0.257 e. The minimum atomic E-state index is -0.601. The minimum Gasteiger partial charge on any atom is -0.330 e. The molecule has 0 bridgehead atoms. The van der Waals surface area contributed by atoms with Crippen molar-refractivity contribution in [3.05, 3.63) is 93.2 Å². The standard InChI is InChI=1S/C25H24F2N2O2S/c1-2-13-28(25(31)19-5-3-4-6-21(19)27)16-23(30)29-14-11-22-20(12-15-32-22)24(29)17-7-9-18(26)10-8-17/h3-10,12,15,24H,2,11,13-14,16H2,1H3. The monoisotopic (exact) mass is 454 g/mol. The average Bonchev–Trinajstić information content (AvgIpc) is 3.27. The summed E-state index contributed by atoms with van der Waals surface area (Å²) in [6.07, 6.45) is 1.37. The van der Waals surface area contributed by atoms with Gasteiger partial charge in [-0.25, -0.2) is 8.78 Å². The van der Waals surface area contributed by atoms with Crippen LogP contribution in [0.15, 0.2) is 60.0 Å². The number of carbonyl (C=O) groups is 2. The van der Waals surface area contributed by atoms with E-state index < -0.39 is 11.7 Å². The number of benzene rings is 2. The van der Waals surface area contributed by atoms with E-state index >= 15 is 0 Å². The van der Waals surface area contributed by atoms with Gasteiger partial charge in [0.05, 0.1) is 11.6 Å². The van der Waals surface area contributed by atoms with Crippen LogP contribution in [0.1, 0.15) is 45.7 Å². The Hall–Kier alpha value is -3.06. The lowest BCUT2D eigenvalue weighted by Crippen LogP contribution is -2.47. The Bertz CT molecular complexity index is 1110. The highest BCUT2D eigenvalue weighted by Crippen LogP contribution is 2.38. The first-order valence-corrected chi connectivity index (χ1v) is 11.5. The molecular formula is C25H24F2N2O2S. The third kappa shape index (κ3) is 4.43. The normalized spacial score (nSPS) is 15.3. The Labute approximate surface area is 190 Å². The van der Waals surface area contributed by atoms with E-state index in [9.17, 15) is 18.4 Å². The Morgan fingerprint density at radius 2 is 1.84 bits per heavy atom. The number of amides is 2. The predicted molar refractivity (Wildman–Crippen MR) is 121 cm³/mol. The number of thiophene rings is 1. The average molecular weight is 455 g/mol. The lowest BCUT2D eigenvalue weighted by atomic mass is 9.93. The summed E-state index contributed by atoms with van der Waals surface area (Å²) in [5.74, 6) is -1.65. The number of fused-ring (bicyclic) bond motifs is 1. The highest BCUT2D eigenvalue weighted by atomic mass is 32.1. The second-order valence-corrected chi connectivity index (χ2v) is 8.80. The van der Waals surface area contributed by atoms with Gasteiger partial charge < -0.3 is 9.80 Å². The molecule has 3 aromatic rings. The Morgan fingerprint density at radius 3 is 2.56 bits per heavy atom. The van der Waals surface area contributed by atoms with Crippen LogP contribution >= 0.6 is 11.3 Å². The fraction of sp³-hybridized carbons (Fsp3) is 0.280. The summed E-state index contributed by atoms with van der Waals surface area (Å²) in [4.78, 5) is 30.8. The molecular weight excluding hydrogens is 430 g/mol. The second-order valence-electron chi connectivity index (χ2n) is 7.80. The number of hydrogen-bond donors (Lipinski definition) is 0. The number of rotatable bonds is 6. The largest absolute Gasteiger partial charge is 0.330 e. The molecule has 4 nitrogen and oxygen atoms in total. The summed E-state index contributed by atoms with van der Waals surface area (Å²) in [5.41, 5.74) is 1.81. The molecule has 0 aliphatic carbocycles. The maximum Gasteiger partial charge on any atom is 0.257 e. The second kappa shape index (κ2) is 9.61. The molecule has 0 saturated carbocycles. The van der Waals surface area contributed by atoms with Crippen LogP contribution in [0, 0.1) is 11.6 Å². The van der Waals surface area contributed by atoms with Crippen molar-refractivity contribution in [2.24, 2.45) is 0 Å². The molecule has 0 saturated heterocycles. The fourth-order valence-corrected chi connectivity index (χ4v) is 5.07. The van der Waals surface area contributed by atoms with E-state index in [4.69, 9.17) is 0 Å². The molecule has 1 atom stereocenters. The van der Waals surface area contributed by atoms with Gasteiger partial charge in [-0.05, 0) is 59.7 Å². The summed E-state index contributed by atoms with van der Waals surface area (Å²) in [7, 11) is 0. The maximum atomic E-state index is 14.2. The molecule has 0 radical (unpaired) electrons. The van der Waals surface area contributed by atoms with Crippen molar-refractivity contribution in [1.29, 1.82) is 0 Å². The van der Waals surface area contributed by atoms with E-state index in [1.165, 1.54) is 40.1 Å². The summed E-state index contributed by atoms with van der Waals surface area (Å²) in [6, 6.07) is 13.6. The van der Waals surface area contributed by atoms with E-state index in [2.05, 4.69) is 0 Å². The molecule has 166 valence electrons. The van der Waals surface area contributed by atoms with Crippen molar-refractivity contribution < 1.29 is 18.4 Å². The van der Waals surface area contributed by atoms with Crippen molar-refractivity contribution in [2.45, 2.75) is 25.8 Å². The molecule has 2 heterocycles. The zero-order chi connectivity index (χ0) is 22.7. The molecule has 1 unspecified atom stereocenters. The third-order valence-electron chi connectivity index (χ3n) is 5.68. The van der Waals surface area contributed by atoms with Crippen LogP contribution in [-0.4, -0.2) is 41.2 Å². The highest BCUT2D eigenvalue weighted by Gasteiger charge is 2.34. The summed E-state index contributed by atoms with van der Waals surface area (Å²) >= 11 is 1.65. The predicted octanol–water partition coefficient (Wildman–Crippen LogP) is 5.05. The zero-order valence-corrected chi connectivity index (χ0v) is 18.6. The van der Waals surface area contributed by atoms with Crippen molar-refractivity contribution in [1.82, 2.24) is 9.80 Å². The van der Waals surface area contributed by atoms with Crippen LogP contribution in [0.3, 0.4) is 0 Å². The van der Waals surface area contributed by atoms with E-state index in [0.717, 1.165) is 17.5 Å². The molecule has 0 N–H and O–H groups in total. The van der Waals surface area contributed by atoms with Gasteiger partial charge in [-0.3, -0.25) is 9.59 Å². The van der Waals surface area contributed by atoms with Crippen molar-refractivity contribution in [2.75, 3.05) is 19.6 Å². The van der Waals surface area contributed by atoms with Crippen LogP contribution in [0.5, 0.6) is 0 Å². The molecule has 1 aliphatic rings. The summed E-state index contributed by atoms with van der Waals surface area (Å²) < 4.78 is 27.7. The van der Waals surface area contributed by atoms with Crippen LogP contribution in [0.2, 0.25) is 0 Å².